The number of anilines is 1. The van der Waals surface area contributed by atoms with E-state index in [1.165, 1.54) is 18.2 Å². The van der Waals surface area contributed by atoms with Crippen molar-refractivity contribution in [1.82, 2.24) is 9.80 Å². The first-order chi connectivity index (χ1) is 12.0. The summed E-state index contributed by atoms with van der Waals surface area (Å²) in [6.07, 6.45) is 1.43. The molecule has 2 fully saturated rings. The van der Waals surface area contributed by atoms with Gasteiger partial charge in [-0.05, 0) is 31.0 Å². The maximum atomic E-state index is 13.1. The number of carbonyl (C=O) groups excluding carboxylic acids is 2. The van der Waals surface area contributed by atoms with Gasteiger partial charge in [0.2, 0.25) is 5.91 Å². The van der Waals surface area contributed by atoms with Crippen molar-refractivity contribution in [3.8, 4) is 0 Å². The number of rotatable bonds is 4. The van der Waals surface area contributed by atoms with Crippen LogP contribution in [0.2, 0.25) is 5.02 Å². The summed E-state index contributed by atoms with van der Waals surface area (Å²) in [4.78, 5) is 28.2. The summed E-state index contributed by atoms with van der Waals surface area (Å²) in [5.74, 6) is -0.657. The summed E-state index contributed by atoms with van der Waals surface area (Å²) in [6, 6.07) is 4.07. The topological polar surface area (TPSA) is 61.9 Å². The molecule has 0 unspecified atom stereocenters. The lowest BCUT2D eigenvalue weighted by atomic mass is 10.2. The number of carbonyl (C=O) groups is 2. The van der Waals surface area contributed by atoms with Gasteiger partial charge in [-0.25, -0.2) is 4.39 Å². The van der Waals surface area contributed by atoms with Crippen molar-refractivity contribution < 1.29 is 18.7 Å². The van der Waals surface area contributed by atoms with Gasteiger partial charge in [-0.1, -0.05) is 11.6 Å². The highest BCUT2D eigenvalue weighted by Crippen LogP contribution is 2.19. The summed E-state index contributed by atoms with van der Waals surface area (Å²) in [5, 5.41) is 2.68. The molecule has 1 aromatic rings. The van der Waals surface area contributed by atoms with Gasteiger partial charge in [-0.2, -0.15) is 0 Å². The van der Waals surface area contributed by atoms with Crippen LogP contribution in [0, 0.1) is 5.82 Å². The van der Waals surface area contributed by atoms with Gasteiger partial charge in [-0.3, -0.25) is 14.5 Å². The van der Waals surface area contributed by atoms with E-state index in [0.717, 1.165) is 12.8 Å². The molecule has 2 aliphatic rings. The van der Waals surface area contributed by atoms with Crippen molar-refractivity contribution >= 4 is 29.1 Å². The fourth-order valence-corrected chi connectivity index (χ4v) is 3.26. The smallest absolute Gasteiger partial charge is 0.251 e. The Morgan fingerprint density at radius 1 is 1.28 bits per heavy atom. The molecule has 1 aromatic carbocycles. The van der Waals surface area contributed by atoms with Gasteiger partial charge in [0.05, 0.1) is 11.6 Å². The van der Waals surface area contributed by atoms with Gasteiger partial charge >= 0.3 is 0 Å². The Kier molecular flexibility index (Phi) is 5.88. The van der Waals surface area contributed by atoms with Gasteiger partial charge in [-0.15, -0.1) is 0 Å². The zero-order chi connectivity index (χ0) is 17.8. The molecule has 0 radical (unpaired) electrons. The average molecular weight is 370 g/mol. The molecule has 0 aromatic heterocycles. The molecule has 8 heteroatoms. The van der Waals surface area contributed by atoms with Crippen LogP contribution in [-0.4, -0.2) is 67.0 Å². The minimum atomic E-state index is -0.522. The standard InChI is InChI=1S/C17H21ClFN3O3/c18-13-10-12(3-4-14(13)19)20-16(23)11-21-5-7-22(8-6-21)17(24)15-2-1-9-25-15/h3-4,10,15H,1-2,5-9,11H2,(H,20,23)/t15-/m1/s1. The SMILES string of the molecule is O=C(CN1CCN(C(=O)[C@H]2CCCO2)CC1)Nc1ccc(F)c(Cl)c1. The zero-order valence-electron chi connectivity index (χ0n) is 13.8. The van der Waals surface area contributed by atoms with Crippen molar-refractivity contribution in [2.45, 2.75) is 18.9 Å². The molecular weight excluding hydrogens is 349 g/mol. The number of benzene rings is 1. The number of hydrogen-bond acceptors (Lipinski definition) is 4. The number of nitrogens with zero attached hydrogens (tertiary/aromatic N) is 2. The van der Waals surface area contributed by atoms with Crippen LogP contribution < -0.4 is 5.32 Å². The molecule has 0 spiro atoms. The second-order valence-electron chi connectivity index (χ2n) is 6.28. The molecule has 2 saturated heterocycles. The number of amides is 2. The lowest BCUT2D eigenvalue weighted by Crippen LogP contribution is -2.52. The third-order valence-corrected chi connectivity index (χ3v) is 4.75. The minimum absolute atomic E-state index is 0.0286. The maximum absolute atomic E-state index is 13.1. The molecule has 25 heavy (non-hydrogen) atoms. The molecule has 2 amide bonds. The highest BCUT2D eigenvalue weighted by Gasteiger charge is 2.30. The lowest BCUT2D eigenvalue weighted by Gasteiger charge is -2.35. The van der Waals surface area contributed by atoms with Crippen molar-refractivity contribution in [2.24, 2.45) is 0 Å². The van der Waals surface area contributed by atoms with Gasteiger partial charge < -0.3 is 15.0 Å². The predicted octanol–water partition coefficient (Wildman–Crippen LogP) is 1.74. The van der Waals surface area contributed by atoms with Crippen molar-refractivity contribution in [1.29, 1.82) is 0 Å². The number of halogens is 2. The summed E-state index contributed by atoms with van der Waals surface area (Å²) in [6.45, 7) is 3.33. The van der Waals surface area contributed by atoms with E-state index in [2.05, 4.69) is 5.32 Å². The van der Waals surface area contributed by atoms with Crippen LogP contribution in [0.1, 0.15) is 12.8 Å². The van der Waals surface area contributed by atoms with Crippen molar-refractivity contribution in [3.05, 3.63) is 29.0 Å². The molecule has 0 bridgehead atoms. The van der Waals surface area contributed by atoms with Gasteiger partial charge in [0, 0.05) is 38.5 Å². The Labute approximate surface area is 150 Å². The second-order valence-corrected chi connectivity index (χ2v) is 6.69. The zero-order valence-corrected chi connectivity index (χ0v) is 14.6. The molecule has 0 saturated carbocycles. The summed E-state index contributed by atoms with van der Waals surface area (Å²) < 4.78 is 18.6. The number of hydrogen-bond donors (Lipinski definition) is 1. The van der Waals surface area contributed by atoms with Crippen LogP contribution in [0.3, 0.4) is 0 Å². The molecule has 136 valence electrons. The fraction of sp³-hybridized carbons (Fsp3) is 0.529. The normalized spacial score (nSPS) is 21.4. The number of ether oxygens (including phenoxy) is 1. The van der Waals surface area contributed by atoms with E-state index in [-0.39, 0.29) is 29.5 Å². The van der Waals surface area contributed by atoms with E-state index in [4.69, 9.17) is 16.3 Å². The van der Waals surface area contributed by atoms with Crippen molar-refractivity contribution in [3.63, 3.8) is 0 Å². The molecule has 1 atom stereocenters. The Balaban J connectivity index is 1.44. The summed E-state index contributed by atoms with van der Waals surface area (Å²) in [7, 11) is 0. The molecule has 3 rings (SSSR count). The van der Waals surface area contributed by atoms with Crippen molar-refractivity contribution in [2.75, 3.05) is 44.6 Å². The Hall–Kier alpha value is -1.70. The van der Waals surface area contributed by atoms with Crippen LogP contribution in [0.15, 0.2) is 18.2 Å². The Morgan fingerprint density at radius 3 is 2.68 bits per heavy atom. The number of nitrogens with one attached hydrogen (secondary N) is 1. The van der Waals surface area contributed by atoms with Gasteiger partial charge in [0.25, 0.3) is 5.91 Å². The monoisotopic (exact) mass is 369 g/mol. The fourth-order valence-electron chi connectivity index (χ4n) is 3.08. The maximum Gasteiger partial charge on any atom is 0.251 e. The molecule has 6 nitrogen and oxygen atoms in total. The Morgan fingerprint density at radius 2 is 2.04 bits per heavy atom. The van der Waals surface area contributed by atoms with Gasteiger partial charge in [0.1, 0.15) is 11.9 Å². The van der Waals surface area contributed by atoms with Crippen LogP contribution in [-0.2, 0) is 14.3 Å². The molecule has 0 aliphatic carbocycles. The predicted molar refractivity (Wildman–Crippen MR) is 92.0 cm³/mol. The minimum Gasteiger partial charge on any atom is -0.368 e. The van der Waals surface area contributed by atoms with Crippen LogP contribution in [0.5, 0.6) is 0 Å². The third-order valence-electron chi connectivity index (χ3n) is 4.46. The summed E-state index contributed by atoms with van der Waals surface area (Å²) >= 11 is 5.70. The number of piperazine rings is 1. The first-order valence-electron chi connectivity index (χ1n) is 8.40. The quantitative estimate of drug-likeness (QED) is 0.878. The van der Waals surface area contributed by atoms with Crippen LogP contribution in [0.25, 0.3) is 0 Å². The van der Waals surface area contributed by atoms with E-state index in [0.29, 0.717) is 38.5 Å². The van der Waals surface area contributed by atoms with E-state index in [9.17, 15) is 14.0 Å². The summed E-state index contributed by atoms with van der Waals surface area (Å²) in [5.41, 5.74) is 0.462. The molecule has 1 N–H and O–H groups in total. The van der Waals surface area contributed by atoms with E-state index in [1.54, 1.807) is 0 Å². The first kappa shape index (κ1) is 18.1. The largest absolute Gasteiger partial charge is 0.368 e. The molecule has 2 heterocycles. The second kappa shape index (κ2) is 8.12. The average Bonchev–Trinajstić information content (AvgIpc) is 3.13. The van der Waals surface area contributed by atoms with E-state index >= 15 is 0 Å². The Bertz CT molecular complexity index is 644. The third kappa shape index (κ3) is 4.68. The first-order valence-corrected chi connectivity index (χ1v) is 8.78. The highest BCUT2D eigenvalue weighted by molar-refractivity contribution is 6.31. The van der Waals surface area contributed by atoms with Crippen LogP contribution >= 0.6 is 11.6 Å². The molecular formula is C17H21ClFN3O3. The lowest BCUT2D eigenvalue weighted by molar-refractivity contribution is -0.142. The van der Waals surface area contributed by atoms with E-state index in [1.807, 2.05) is 9.80 Å². The van der Waals surface area contributed by atoms with E-state index < -0.39 is 5.82 Å². The molecule has 2 aliphatic heterocycles. The van der Waals surface area contributed by atoms with Crippen LogP contribution in [0.4, 0.5) is 10.1 Å². The van der Waals surface area contributed by atoms with Gasteiger partial charge in [0.15, 0.2) is 0 Å². The highest BCUT2D eigenvalue weighted by atomic mass is 35.5.